The molecule has 0 aromatic heterocycles. The molecule has 122 valence electrons. The Kier molecular flexibility index (Phi) is 5.07. The van der Waals surface area contributed by atoms with Crippen LogP contribution in [-0.4, -0.2) is 58.6 Å². The van der Waals surface area contributed by atoms with Crippen molar-refractivity contribution in [2.45, 2.75) is 37.0 Å². The van der Waals surface area contributed by atoms with Gasteiger partial charge in [0.15, 0.2) is 12.6 Å². The largest absolute Gasteiger partial charge is 0.376 e. The molecule has 2 aliphatic heterocycles. The molecule has 2 heterocycles. The first kappa shape index (κ1) is 15.9. The molecule has 0 bridgehead atoms. The zero-order valence-electron chi connectivity index (χ0n) is 13.0. The summed E-state index contributed by atoms with van der Waals surface area (Å²) in [6.07, 6.45) is -2.10. The van der Waals surface area contributed by atoms with Gasteiger partial charge >= 0.3 is 0 Å². The molecule has 1 aromatic rings. The van der Waals surface area contributed by atoms with Crippen LogP contribution in [-0.2, 0) is 28.4 Å². The van der Waals surface area contributed by atoms with Crippen molar-refractivity contribution in [3.63, 3.8) is 0 Å². The Morgan fingerprint density at radius 1 is 0.909 bits per heavy atom. The molecular weight excluding hydrogens is 288 g/mol. The van der Waals surface area contributed by atoms with Gasteiger partial charge in [0.05, 0.1) is 6.61 Å². The quantitative estimate of drug-likeness (QED) is 0.840. The molecule has 0 unspecified atom stereocenters. The van der Waals surface area contributed by atoms with Gasteiger partial charge < -0.3 is 28.4 Å². The van der Waals surface area contributed by atoms with Crippen LogP contribution in [0.1, 0.15) is 11.9 Å². The minimum atomic E-state index is -0.503. The van der Waals surface area contributed by atoms with Gasteiger partial charge in [0.1, 0.15) is 24.4 Å². The van der Waals surface area contributed by atoms with Crippen LogP contribution in [0.4, 0.5) is 0 Å². The van der Waals surface area contributed by atoms with Gasteiger partial charge in [-0.05, 0) is 0 Å². The van der Waals surface area contributed by atoms with Gasteiger partial charge in [-0.2, -0.15) is 0 Å². The maximum atomic E-state index is 6.10. The smallest absolute Gasteiger partial charge is 0.186 e. The van der Waals surface area contributed by atoms with Gasteiger partial charge in [-0.15, -0.1) is 0 Å². The van der Waals surface area contributed by atoms with Gasteiger partial charge in [-0.3, -0.25) is 0 Å². The van der Waals surface area contributed by atoms with Gasteiger partial charge in [0.2, 0.25) is 0 Å². The lowest BCUT2D eigenvalue weighted by Gasteiger charge is -2.48. The van der Waals surface area contributed by atoms with Crippen molar-refractivity contribution in [1.82, 2.24) is 0 Å². The fourth-order valence-corrected chi connectivity index (χ4v) is 3.03. The molecule has 0 spiro atoms. The second kappa shape index (κ2) is 7.04. The monoisotopic (exact) mass is 310 g/mol. The van der Waals surface area contributed by atoms with Crippen molar-refractivity contribution in [3.8, 4) is 0 Å². The summed E-state index contributed by atoms with van der Waals surface area (Å²) in [5, 5.41) is 0. The zero-order valence-corrected chi connectivity index (χ0v) is 13.0. The van der Waals surface area contributed by atoms with Gasteiger partial charge in [-0.1, -0.05) is 30.3 Å². The number of benzene rings is 1. The number of hydrogen-bond donors (Lipinski definition) is 0. The van der Waals surface area contributed by atoms with Crippen molar-refractivity contribution in [2.75, 3.05) is 27.9 Å². The molecule has 3 rings (SSSR count). The molecule has 0 amide bonds. The minimum Gasteiger partial charge on any atom is -0.376 e. The molecule has 6 nitrogen and oxygen atoms in total. The van der Waals surface area contributed by atoms with Crippen molar-refractivity contribution >= 4 is 0 Å². The highest BCUT2D eigenvalue weighted by molar-refractivity contribution is 5.16. The van der Waals surface area contributed by atoms with E-state index in [4.69, 9.17) is 28.4 Å². The lowest BCUT2D eigenvalue weighted by Crippen LogP contribution is -2.63. The topological polar surface area (TPSA) is 55.4 Å². The van der Waals surface area contributed by atoms with Crippen LogP contribution in [0.2, 0.25) is 0 Å². The molecular formula is C16H22O6. The molecule has 22 heavy (non-hydrogen) atoms. The number of hydrogen-bond acceptors (Lipinski definition) is 6. The molecule has 0 N–H and O–H groups in total. The molecule has 0 radical (unpaired) electrons. The Hall–Kier alpha value is -1.02. The third-order valence-corrected chi connectivity index (χ3v) is 4.13. The van der Waals surface area contributed by atoms with Crippen LogP contribution < -0.4 is 0 Å². The maximum Gasteiger partial charge on any atom is 0.186 e. The Labute approximate surface area is 130 Å². The summed E-state index contributed by atoms with van der Waals surface area (Å²) in [6, 6.07) is 9.82. The van der Waals surface area contributed by atoms with Crippen molar-refractivity contribution in [1.29, 1.82) is 0 Å². The molecule has 1 aromatic carbocycles. The lowest BCUT2D eigenvalue weighted by atomic mass is 9.97. The average molecular weight is 310 g/mol. The molecule has 2 aliphatic rings. The van der Waals surface area contributed by atoms with Gasteiger partial charge in [0.25, 0.3) is 0 Å². The average Bonchev–Trinajstić information content (AvgIpc) is 2.60. The van der Waals surface area contributed by atoms with Crippen LogP contribution in [0.3, 0.4) is 0 Å². The van der Waals surface area contributed by atoms with E-state index in [9.17, 15) is 0 Å². The Morgan fingerprint density at radius 2 is 1.64 bits per heavy atom. The standard InChI is InChI=1S/C16H22O6/c1-17-13-12-11(21-16(19-3)14(13)18-2)9-20-15(22-12)10-7-5-4-6-8-10/h4-8,11-16H,9H2,1-3H3/t11-,12+,13+,14-,15-,16-/m1/s1. The van der Waals surface area contributed by atoms with E-state index in [-0.39, 0.29) is 24.4 Å². The predicted molar refractivity (Wildman–Crippen MR) is 77.3 cm³/mol. The highest BCUT2D eigenvalue weighted by Crippen LogP contribution is 2.35. The highest BCUT2D eigenvalue weighted by Gasteiger charge is 2.50. The van der Waals surface area contributed by atoms with Crippen LogP contribution in [0, 0.1) is 0 Å². The summed E-state index contributed by atoms with van der Waals surface area (Å²) in [6.45, 7) is 0.417. The van der Waals surface area contributed by atoms with E-state index in [2.05, 4.69) is 0 Å². The number of methoxy groups -OCH3 is 3. The predicted octanol–water partition coefficient (Wildman–Crippen LogP) is 1.50. The van der Waals surface area contributed by atoms with E-state index in [0.29, 0.717) is 6.61 Å². The fraction of sp³-hybridized carbons (Fsp3) is 0.625. The van der Waals surface area contributed by atoms with E-state index in [1.165, 1.54) is 0 Å². The molecule has 6 heteroatoms. The highest BCUT2D eigenvalue weighted by atomic mass is 16.8. The molecule has 2 fully saturated rings. The summed E-state index contributed by atoms with van der Waals surface area (Å²) in [7, 11) is 4.84. The van der Waals surface area contributed by atoms with Gasteiger partial charge in [-0.25, -0.2) is 0 Å². The minimum absolute atomic E-state index is 0.249. The fourth-order valence-electron chi connectivity index (χ4n) is 3.03. The second-order valence-corrected chi connectivity index (χ2v) is 5.36. The summed E-state index contributed by atoms with van der Waals surface area (Å²) >= 11 is 0. The van der Waals surface area contributed by atoms with Crippen LogP contribution in [0.25, 0.3) is 0 Å². The van der Waals surface area contributed by atoms with Crippen LogP contribution in [0.5, 0.6) is 0 Å². The van der Waals surface area contributed by atoms with Crippen LogP contribution >= 0.6 is 0 Å². The maximum absolute atomic E-state index is 6.10. The number of ether oxygens (including phenoxy) is 6. The molecule has 6 atom stereocenters. The van der Waals surface area contributed by atoms with E-state index >= 15 is 0 Å². The van der Waals surface area contributed by atoms with Crippen LogP contribution in [0.15, 0.2) is 30.3 Å². The number of fused-ring (bicyclic) bond motifs is 1. The number of rotatable bonds is 4. The van der Waals surface area contributed by atoms with E-state index in [1.807, 2.05) is 30.3 Å². The van der Waals surface area contributed by atoms with E-state index in [1.54, 1.807) is 21.3 Å². The molecule has 0 aliphatic carbocycles. The Morgan fingerprint density at radius 3 is 2.27 bits per heavy atom. The van der Waals surface area contributed by atoms with Crippen molar-refractivity contribution < 1.29 is 28.4 Å². The normalized spacial score (nSPS) is 38.5. The SMILES string of the molecule is CO[C@@H]1O[C@@H]2CO[C@@H](c3ccccc3)O[C@@H]2[C@H](OC)[C@H]1OC. The first-order valence-electron chi connectivity index (χ1n) is 7.34. The summed E-state index contributed by atoms with van der Waals surface area (Å²) in [5.41, 5.74) is 0.971. The second-order valence-electron chi connectivity index (χ2n) is 5.36. The Balaban J connectivity index is 1.79. The first-order valence-corrected chi connectivity index (χ1v) is 7.34. The third kappa shape index (κ3) is 2.90. The summed E-state index contributed by atoms with van der Waals surface area (Å²) in [5.74, 6) is 0. The first-order chi connectivity index (χ1) is 10.8. The molecule has 2 saturated heterocycles. The third-order valence-electron chi connectivity index (χ3n) is 4.13. The summed E-state index contributed by atoms with van der Waals surface area (Å²) in [4.78, 5) is 0. The lowest BCUT2D eigenvalue weighted by molar-refractivity contribution is -0.363. The summed E-state index contributed by atoms with van der Waals surface area (Å²) < 4.78 is 34.2. The van der Waals surface area contributed by atoms with Gasteiger partial charge in [0, 0.05) is 26.9 Å². The zero-order chi connectivity index (χ0) is 15.5. The molecule has 0 saturated carbocycles. The Bertz CT molecular complexity index is 467. The van der Waals surface area contributed by atoms with E-state index in [0.717, 1.165) is 5.56 Å². The van der Waals surface area contributed by atoms with Crippen molar-refractivity contribution in [3.05, 3.63) is 35.9 Å². The van der Waals surface area contributed by atoms with E-state index < -0.39 is 12.6 Å². The van der Waals surface area contributed by atoms with Crippen molar-refractivity contribution in [2.24, 2.45) is 0 Å².